The number of rotatable bonds is 6. The van der Waals surface area contributed by atoms with Gasteiger partial charge in [-0.25, -0.2) is 9.59 Å². The third-order valence-corrected chi connectivity index (χ3v) is 7.57. The molecule has 2 heterocycles. The van der Waals surface area contributed by atoms with Gasteiger partial charge in [-0.15, -0.1) is 0 Å². The number of aliphatic hydroxyl groups excluding tert-OH is 4. The zero-order chi connectivity index (χ0) is 26.5. The Morgan fingerprint density at radius 1 is 1.14 bits per heavy atom. The first-order valence-electron chi connectivity index (χ1n) is 11.9. The molecule has 0 aromatic heterocycles. The highest BCUT2D eigenvalue weighted by Crippen LogP contribution is 2.50. The second kappa shape index (κ2) is 10.2. The van der Waals surface area contributed by atoms with Gasteiger partial charge in [0.1, 0.15) is 36.6 Å². The van der Waals surface area contributed by atoms with Crippen LogP contribution < -0.4 is 0 Å². The van der Waals surface area contributed by atoms with E-state index in [1.165, 1.54) is 13.0 Å². The topological polar surface area (TPSA) is 169 Å². The van der Waals surface area contributed by atoms with Crippen LogP contribution in [0.25, 0.3) is 0 Å². The van der Waals surface area contributed by atoms with Crippen LogP contribution in [0.4, 0.5) is 0 Å². The summed E-state index contributed by atoms with van der Waals surface area (Å²) in [6.07, 6.45) is -7.15. The number of hydrogen-bond donors (Lipinski definition) is 4. The SMILES string of the molecule is C=C(C)C(=O)OC1CC(C)C2C(=O)C=C(COC3OC(CO)C(O)C(O)C3O)C2C2OC(=O)C(=C)C12. The molecule has 198 valence electrons. The molecule has 0 radical (unpaired) electrons. The second-order valence-electron chi connectivity index (χ2n) is 10.0. The molecule has 0 bridgehead atoms. The third-order valence-electron chi connectivity index (χ3n) is 7.57. The normalized spacial score (nSPS) is 42.2. The van der Waals surface area contributed by atoms with Crippen molar-refractivity contribution in [3.63, 3.8) is 0 Å². The quantitative estimate of drug-likeness (QED) is 0.261. The van der Waals surface area contributed by atoms with Gasteiger partial charge in [-0.1, -0.05) is 20.1 Å². The molecule has 0 aromatic carbocycles. The first-order valence-corrected chi connectivity index (χ1v) is 11.9. The standard InChI is InChI=1S/C25H32O11/c1-9(2)23(31)34-14-5-10(3)16-13(27)6-12(18(16)22-17(14)11(4)24(32)36-22)8-33-25-21(30)20(29)19(28)15(7-26)35-25/h6,10,14-22,25-26,28-30H,1,4-5,7-8H2,2-3H3. The number of ketones is 1. The molecule has 11 nitrogen and oxygen atoms in total. The molecule has 1 saturated carbocycles. The number of carbonyl (C=O) groups is 3. The molecular weight excluding hydrogens is 476 g/mol. The van der Waals surface area contributed by atoms with E-state index in [0.29, 0.717) is 12.0 Å². The fraction of sp³-hybridized carbons (Fsp3) is 0.640. The average molecular weight is 509 g/mol. The number of carbonyl (C=O) groups excluding carboxylic acids is 3. The van der Waals surface area contributed by atoms with Crippen LogP contribution in [-0.4, -0.2) is 94.3 Å². The smallest absolute Gasteiger partial charge is 0.334 e. The summed E-state index contributed by atoms with van der Waals surface area (Å²) in [5.41, 5.74) is 0.836. The molecule has 11 heteroatoms. The van der Waals surface area contributed by atoms with Gasteiger partial charge >= 0.3 is 11.9 Å². The van der Waals surface area contributed by atoms with Crippen LogP contribution in [0.1, 0.15) is 20.3 Å². The lowest BCUT2D eigenvalue weighted by Gasteiger charge is -2.40. The Kier molecular flexibility index (Phi) is 7.52. The zero-order valence-electron chi connectivity index (χ0n) is 20.1. The minimum Gasteiger partial charge on any atom is -0.458 e. The van der Waals surface area contributed by atoms with Crippen molar-refractivity contribution < 1.29 is 53.8 Å². The monoisotopic (exact) mass is 508 g/mol. The number of hydrogen-bond acceptors (Lipinski definition) is 11. The van der Waals surface area contributed by atoms with Crippen molar-refractivity contribution >= 4 is 17.7 Å². The predicted molar refractivity (Wildman–Crippen MR) is 121 cm³/mol. The van der Waals surface area contributed by atoms with Crippen molar-refractivity contribution in [1.29, 1.82) is 0 Å². The van der Waals surface area contributed by atoms with Crippen molar-refractivity contribution in [2.24, 2.45) is 23.7 Å². The van der Waals surface area contributed by atoms with Gasteiger partial charge in [0.2, 0.25) is 0 Å². The Balaban J connectivity index is 1.58. The average Bonchev–Trinajstić information content (AvgIpc) is 3.27. The molecule has 11 unspecified atom stereocenters. The van der Waals surface area contributed by atoms with Crippen LogP contribution >= 0.6 is 0 Å². The molecule has 0 amide bonds. The first-order chi connectivity index (χ1) is 17.0. The van der Waals surface area contributed by atoms with E-state index in [9.17, 15) is 34.8 Å². The van der Waals surface area contributed by atoms with E-state index in [2.05, 4.69) is 13.2 Å². The summed E-state index contributed by atoms with van der Waals surface area (Å²) in [6, 6.07) is 0. The maximum Gasteiger partial charge on any atom is 0.334 e. The van der Waals surface area contributed by atoms with Gasteiger partial charge in [0.15, 0.2) is 12.1 Å². The summed E-state index contributed by atoms with van der Waals surface area (Å²) in [7, 11) is 0. The first kappa shape index (κ1) is 26.6. The van der Waals surface area contributed by atoms with Gasteiger partial charge in [0, 0.05) is 23.0 Å². The van der Waals surface area contributed by atoms with Crippen LogP contribution in [0.15, 0.2) is 36.0 Å². The van der Waals surface area contributed by atoms with Gasteiger partial charge < -0.3 is 39.4 Å². The summed E-state index contributed by atoms with van der Waals surface area (Å²) in [4.78, 5) is 37.9. The number of fused-ring (bicyclic) bond motifs is 3. The van der Waals surface area contributed by atoms with Crippen molar-refractivity contribution in [3.05, 3.63) is 36.0 Å². The second-order valence-corrected chi connectivity index (χ2v) is 10.0. The highest BCUT2D eigenvalue weighted by Gasteiger charge is 2.58. The maximum atomic E-state index is 13.1. The van der Waals surface area contributed by atoms with Crippen LogP contribution in [0.5, 0.6) is 0 Å². The largest absolute Gasteiger partial charge is 0.458 e. The Hall–Kier alpha value is -2.41. The number of allylic oxidation sites excluding steroid dienone is 1. The number of ether oxygens (including phenoxy) is 4. The molecule has 0 aromatic rings. The lowest BCUT2D eigenvalue weighted by atomic mass is 9.78. The van der Waals surface area contributed by atoms with E-state index < -0.39 is 79.2 Å². The number of esters is 2. The van der Waals surface area contributed by atoms with Gasteiger partial charge in [0.25, 0.3) is 0 Å². The summed E-state index contributed by atoms with van der Waals surface area (Å²) < 4.78 is 22.4. The molecule has 4 rings (SSSR count). The van der Waals surface area contributed by atoms with E-state index in [4.69, 9.17) is 18.9 Å². The van der Waals surface area contributed by atoms with Crippen LogP contribution in [0, 0.1) is 23.7 Å². The molecule has 4 N–H and O–H groups in total. The van der Waals surface area contributed by atoms with Crippen LogP contribution in [0.2, 0.25) is 0 Å². The van der Waals surface area contributed by atoms with Crippen LogP contribution in [-0.2, 0) is 33.3 Å². The Labute approximate surface area is 208 Å². The zero-order valence-corrected chi connectivity index (χ0v) is 20.1. The van der Waals surface area contributed by atoms with Crippen molar-refractivity contribution in [2.75, 3.05) is 13.2 Å². The van der Waals surface area contributed by atoms with Crippen molar-refractivity contribution in [2.45, 2.75) is 63.2 Å². The van der Waals surface area contributed by atoms with E-state index in [-0.39, 0.29) is 29.5 Å². The molecule has 11 atom stereocenters. The highest BCUT2D eigenvalue weighted by molar-refractivity contribution is 5.97. The van der Waals surface area contributed by atoms with Crippen molar-refractivity contribution in [3.8, 4) is 0 Å². The minimum absolute atomic E-state index is 0.154. The lowest BCUT2D eigenvalue weighted by molar-refractivity contribution is -0.299. The molecule has 36 heavy (non-hydrogen) atoms. The molecule has 4 aliphatic rings. The summed E-state index contributed by atoms with van der Waals surface area (Å²) in [5.74, 6) is -3.54. The lowest BCUT2D eigenvalue weighted by Crippen LogP contribution is -2.59. The molecule has 2 aliphatic carbocycles. The maximum absolute atomic E-state index is 13.1. The van der Waals surface area contributed by atoms with Gasteiger partial charge in [-0.3, -0.25) is 4.79 Å². The fourth-order valence-corrected chi connectivity index (χ4v) is 5.71. The van der Waals surface area contributed by atoms with Gasteiger partial charge in [-0.05, 0) is 30.9 Å². The molecule has 0 spiro atoms. The van der Waals surface area contributed by atoms with Gasteiger partial charge in [0.05, 0.1) is 19.1 Å². The van der Waals surface area contributed by atoms with E-state index in [1.807, 2.05) is 6.92 Å². The van der Waals surface area contributed by atoms with E-state index >= 15 is 0 Å². The molecule has 2 aliphatic heterocycles. The Bertz CT molecular complexity index is 984. The minimum atomic E-state index is -1.61. The Morgan fingerprint density at radius 3 is 2.47 bits per heavy atom. The summed E-state index contributed by atoms with van der Waals surface area (Å²) in [5, 5.41) is 39.7. The summed E-state index contributed by atoms with van der Waals surface area (Å²) >= 11 is 0. The van der Waals surface area contributed by atoms with E-state index in [1.54, 1.807) is 0 Å². The number of aliphatic hydroxyl groups is 4. The molecule has 2 saturated heterocycles. The fourth-order valence-electron chi connectivity index (χ4n) is 5.71. The van der Waals surface area contributed by atoms with Gasteiger partial charge in [-0.2, -0.15) is 0 Å². The molecular formula is C25H32O11. The summed E-state index contributed by atoms with van der Waals surface area (Å²) in [6.45, 7) is 10.0. The van der Waals surface area contributed by atoms with E-state index in [0.717, 1.165) is 0 Å². The van der Waals surface area contributed by atoms with Crippen LogP contribution in [0.3, 0.4) is 0 Å². The Morgan fingerprint density at radius 2 is 1.83 bits per heavy atom. The highest BCUT2D eigenvalue weighted by atomic mass is 16.7. The third kappa shape index (κ3) is 4.55. The van der Waals surface area contributed by atoms with Crippen molar-refractivity contribution in [1.82, 2.24) is 0 Å². The molecule has 3 fully saturated rings. The predicted octanol–water partition coefficient (Wildman–Crippen LogP) is -0.830.